The van der Waals surface area contributed by atoms with Crippen molar-refractivity contribution in [1.29, 1.82) is 0 Å². The molecule has 18 heavy (non-hydrogen) atoms. The fraction of sp³-hybridized carbons (Fsp3) is 0.500. The van der Waals surface area contributed by atoms with Crippen molar-refractivity contribution in [2.24, 2.45) is 0 Å². The standard InChI is InChI=1S/C14H21BrN2O/c1-4-16-10(2)9-14(18)17-11(3)12-7-5-6-8-13(12)15/h5-8,10-11,16H,4,9H2,1-3H3,(H,17,18). The third-order valence-electron chi connectivity index (χ3n) is 2.79. The minimum Gasteiger partial charge on any atom is -0.349 e. The molecule has 0 aliphatic carbocycles. The number of carbonyl (C=O) groups excluding carboxylic acids is 1. The quantitative estimate of drug-likeness (QED) is 0.847. The van der Waals surface area contributed by atoms with Crippen molar-refractivity contribution in [2.45, 2.75) is 39.3 Å². The predicted molar refractivity (Wildman–Crippen MR) is 78.5 cm³/mol. The van der Waals surface area contributed by atoms with Crippen LogP contribution in [0.2, 0.25) is 0 Å². The van der Waals surface area contributed by atoms with Gasteiger partial charge in [-0.15, -0.1) is 0 Å². The van der Waals surface area contributed by atoms with Crippen molar-refractivity contribution in [3.05, 3.63) is 34.3 Å². The molecule has 0 radical (unpaired) electrons. The molecule has 0 saturated carbocycles. The molecule has 0 saturated heterocycles. The van der Waals surface area contributed by atoms with Crippen molar-refractivity contribution < 1.29 is 4.79 Å². The second-order valence-electron chi connectivity index (χ2n) is 4.47. The maximum Gasteiger partial charge on any atom is 0.222 e. The van der Waals surface area contributed by atoms with Crippen LogP contribution in [0.15, 0.2) is 28.7 Å². The second kappa shape index (κ2) is 7.54. The Morgan fingerprint density at radius 2 is 2.00 bits per heavy atom. The molecule has 2 atom stereocenters. The fourth-order valence-electron chi connectivity index (χ4n) is 1.90. The molecular weight excluding hydrogens is 292 g/mol. The minimum absolute atomic E-state index is 0.0156. The molecule has 2 unspecified atom stereocenters. The van der Waals surface area contributed by atoms with E-state index in [1.165, 1.54) is 0 Å². The Hall–Kier alpha value is -0.870. The number of halogens is 1. The first-order valence-electron chi connectivity index (χ1n) is 6.31. The van der Waals surface area contributed by atoms with Crippen molar-refractivity contribution >= 4 is 21.8 Å². The summed E-state index contributed by atoms with van der Waals surface area (Å²) in [4.78, 5) is 11.9. The molecule has 1 rings (SSSR count). The summed E-state index contributed by atoms with van der Waals surface area (Å²) in [7, 11) is 0. The number of rotatable bonds is 6. The van der Waals surface area contributed by atoms with Gasteiger partial charge in [0.2, 0.25) is 5.91 Å². The third kappa shape index (κ3) is 4.78. The molecule has 0 heterocycles. The Labute approximate surface area is 117 Å². The topological polar surface area (TPSA) is 41.1 Å². The van der Waals surface area contributed by atoms with Gasteiger partial charge in [-0.3, -0.25) is 4.79 Å². The van der Waals surface area contributed by atoms with E-state index in [1.807, 2.05) is 45.0 Å². The van der Waals surface area contributed by atoms with Crippen LogP contribution in [0, 0.1) is 0 Å². The summed E-state index contributed by atoms with van der Waals surface area (Å²) < 4.78 is 1.03. The molecule has 2 N–H and O–H groups in total. The van der Waals surface area contributed by atoms with E-state index in [9.17, 15) is 4.79 Å². The lowest BCUT2D eigenvalue weighted by Crippen LogP contribution is -2.34. The van der Waals surface area contributed by atoms with Gasteiger partial charge in [0.15, 0.2) is 0 Å². The average molecular weight is 313 g/mol. The van der Waals surface area contributed by atoms with Gasteiger partial charge in [-0.05, 0) is 32.0 Å². The lowest BCUT2D eigenvalue weighted by Gasteiger charge is -2.18. The molecule has 1 amide bonds. The average Bonchev–Trinajstić information content (AvgIpc) is 2.29. The van der Waals surface area contributed by atoms with Gasteiger partial charge < -0.3 is 10.6 Å². The van der Waals surface area contributed by atoms with Crippen LogP contribution in [0.4, 0.5) is 0 Å². The maximum atomic E-state index is 11.9. The van der Waals surface area contributed by atoms with Crippen molar-refractivity contribution in [3.8, 4) is 0 Å². The molecule has 1 aromatic rings. The van der Waals surface area contributed by atoms with E-state index < -0.39 is 0 Å². The van der Waals surface area contributed by atoms with Gasteiger partial charge in [-0.1, -0.05) is 41.1 Å². The van der Waals surface area contributed by atoms with E-state index in [1.54, 1.807) is 0 Å². The molecular formula is C14H21BrN2O. The van der Waals surface area contributed by atoms with Crippen LogP contribution in [0.1, 0.15) is 38.8 Å². The summed E-state index contributed by atoms with van der Waals surface area (Å²) in [6.45, 7) is 6.94. The van der Waals surface area contributed by atoms with Gasteiger partial charge in [0.05, 0.1) is 6.04 Å². The highest BCUT2D eigenvalue weighted by Crippen LogP contribution is 2.22. The summed E-state index contributed by atoms with van der Waals surface area (Å²) in [5.74, 6) is 0.0757. The van der Waals surface area contributed by atoms with E-state index in [2.05, 4.69) is 26.6 Å². The summed E-state index contributed by atoms with van der Waals surface area (Å²) in [6, 6.07) is 8.17. The number of benzene rings is 1. The lowest BCUT2D eigenvalue weighted by molar-refractivity contribution is -0.122. The van der Waals surface area contributed by atoms with Crippen LogP contribution in [-0.4, -0.2) is 18.5 Å². The zero-order valence-corrected chi connectivity index (χ0v) is 12.8. The van der Waals surface area contributed by atoms with E-state index in [0.717, 1.165) is 16.6 Å². The monoisotopic (exact) mass is 312 g/mol. The van der Waals surface area contributed by atoms with Gasteiger partial charge in [-0.25, -0.2) is 0 Å². The molecule has 0 fully saturated rings. The molecule has 0 spiro atoms. The van der Waals surface area contributed by atoms with Crippen LogP contribution in [0.5, 0.6) is 0 Å². The first-order valence-corrected chi connectivity index (χ1v) is 7.11. The Balaban J connectivity index is 2.52. The van der Waals surface area contributed by atoms with Crippen LogP contribution in [0.3, 0.4) is 0 Å². The number of carbonyl (C=O) groups is 1. The molecule has 1 aromatic carbocycles. The first kappa shape index (κ1) is 15.2. The SMILES string of the molecule is CCNC(C)CC(=O)NC(C)c1ccccc1Br. The Morgan fingerprint density at radius 1 is 1.33 bits per heavy atom. The number of amides is 1. The molecule has 100 valence electrons. The van der Waals surface area contributed by atoms with E-state index >= 15 is 0 Å². The van der Waals surface area contributed by atoms with Crippen LogP contribution in [0.25, 0.3) is 0 Å². The largest absolute Gasteiger partial charge is 0.349 e. The first-order chi connectivity index (χ1) is 8.54. The Morgan fingerprint density at radius 3 is 2.61 bits per heavy atom. The second-order valence-corrected chi connectivity index (χ2v) is 5.33. The van der Waals surface area contributed by atoms with E-state index in [4.69, 9.17) is 0 Å². The highest BCUT2D eigenvalue weighted by Gasteiger charge is 2.13. The van der Waals surface area contributed by atoms with Gasteiger partial charge in [0.25, 0.3) is 0 Å². The summed E-state index contributed by atoms with van der Waals surface area (Å²) in [5.41, 5.74) is 1.10. The minimum atomic E-state index is 0.0156. The molecule has 0 aliphatic rings. The van der Waals surface area contributed by atoms with Crippen LogP contribution in [-0.2, 0) is 4.79 Å². The molecule has 4 heteroatoms. The highest BCUT2D eigenvalue weighted by atomic mass is 79.9. The van der Waals surface area contributed by atoms with E-state index in [0.29, 0.717) is 6.42 Å². The Kier molecular flexibility index (Phi) is 6.36. The third-order valence-corrected chi connectivity index (χ3v) is 3.52. The van der Waals surface area contributed by atoms with Gasteiger partial charge in [0, 0.05) is 16.9 Å². The van der Waals surface area contributed by atoms with Gasteiger partial charge >= 0.3 is 0 Å². The van der Waals surface area contributed by atoms with E-state index in [-0.39, 0.29) is 18.0 Å². The lowest BCUT2D eigenvalue weighted by atomic mass is 10.1. The van der Waals surface area contributed by atoms with Crippen molar-refractivity contribution in [2.75, 3.05) is 6.54 Å². The molecule has 0 aliphatic heterocycles. The van der Waals surface area contributed by atoms with Gasteiger partial charge in [0.1, 0.15) is 0 Å². The number of nitrogens with one attached hydrogen (secondary N) is 2. The Bertz CT molecular complexity index is 395. The normalized spacial score (nSPS) is 14.0. The van der Waals surface area contributed by atoms with Crippen LogP contribution >= 0.6 is 15.9 Å². The highest BCUT2D eigenvalue weighted by molar-refractivity contribution is 9.10. The smallest absolute Gasteiger partial charge is 0.222 e. The van der Waals surface area contributed by atoms with Crippen molar-refractivity contribution in [1.82, 2.24) is 10.6 Å². The molecule has 0 bridgehead atoms. The zero-order chi connectivity index (χ0) is 13.5. The summed E-state index contributed by atoms with van der Waals surface area (Å²) >= 11 is 3.50. The molecule has 0 aromatic heterocycles. The zero-order valence-electron chi connectivity index (χ0n) is 11.2. The van der Waals surface area contributed by atoms with Gasteiger partial charge in [-0.2, -0.15) is 0 Å². The number of hydrogen-bond acceptors (Lipinski definition) is 2. The maximum absolute atomic E-state index is 11.9. The number of hydrogen-bond donors (Lipinski definition) is 2. The van der Waals surface area contributed by atoms with Crippen LogP contribution < -0.4 is 10.6 Å². The predicted octanol–water partition coefficient (Wildman–Crippen LogP) is 3.01. The van der Waals surface area contributed by atoms with Crippen molar-refractivity contribution in [3.63, 3.8) is 0 Å². The summed E-state index contributed by atoms with van der Waals surface area (Å²) in [6.07, 6.45) is 0.503. The molecule has 3 nitrogen and oxygen atoms in total. The fourth-order valence-corrected chi connectivity index (χ4v) is 2.53. The summed E-state index contributed by atoms with van der Waals surface area (Å²) in [5, 5.41) is 6.25.